The van der Waals surface area contributed by atoms with Crippen LogP contribution in [0.3, 0.4) is 0 Å². The first-order chi connectivity index (χ1) is 18.4. The van der Waals surface area contributed by atoms with Gasteiger partial charge in [-0.2, -0.15) is 8.42 Å². The van der Waals surface area contributed by atoms with E-state index >= 15 is 0 Å². The summed E-state index contributed by atoms with van der Waals surface area (Å²) >= 11 is 1.13. The van der Waals surface area contributed by atoms with E-state index in [0.717, 1.165) is 26.8 Å². The number of ether oxygens (including phenoxy) is 3. The van der Waals surface area contributed by atoms with Gasteiger partial charge >= 0.3 is 0 Å². The molecular weight excluding hydrogens is 568 g/mol. The number of sulfonamides is 1. The van der Waals surface area contributed by atoms with Crippen LogP contribution < -0.4 is 4.31 Å². The van der Waals surface area contributed by atoms with Crippen LogP contribution in [-0.4, -0.2) is 61.9 Å². The summed E-state index contributed by atoms with van der Waals surface area (Å²) in [6, 6.07) is 7.02. The molecule has 14 heteroatoms. The highest BCUT2D eigenvalue weighted by Crippen LogP contribution is 2.40. The van der Waals surface area contributed by atoms with Crippen molar-refractivity contribution in [2.45, 2.75) is 45.1 Å². The second kappa shape index (κ2) is 13.4. The highest BCUT2D eigenvalue weighted by Gasteiger charge is 2.34. The molecule has 0 saturated carbocycles. The lowest BCUT2D eigenvalue weighted by Crippen LogP contribution is -2.34. The zero-order valence-corrected chi connectivity index (χ0v) is 25.3. The Morgan fingerprint density at radius 3 is 2.36 bits per heavy atom. The van der Waals surface area contributed by atoms with Crippen LogP contribution in [0.1, 0.15) is 34.3 Å². The molecule has 39 heavy (non-hydrogen) atoms. The van der Waals surface area contributed by atoms with Crippen molar-refractivity contribution in [1.82, 2.24) is 5.16 Å². The molecule has 0 aliphatic carbocycles. The summed E-state index contributed by atoms with van der Waals surface area (Å²) in [5.74, 6) is 0.639. The Hall–Kier alpha value is -2.33. The van der Waals surface area contributed by atoms with E-state index in [-0.39, 0.29) is 36.6 Å². The maximum Gasteiger partial charge on any atom is 0.277 e. The highest BCUT2D eigenvalue weighted by molar-refractivity contribution is 7.95. The number of thiophene rings is 1. The van der Waals surface area contributed by atoms with Gasteiger partial charge in [0, 0.05) is 29.7 Å². The van der Waals surface area contributed by atoms with Crippen LogP contribution in [-0.2, 0) is 51.7 Å². The molecule has 0 aliphatic heterocycles. The minimum atomic E-state index is -4.17. The number of hydrogen-bond acceptors (Lipinski definition) is 11. The Balaban J connectivity index is 2.10. The van der Waals surface area contributed by atoms with Crippen molar-refractivity contribution in [3.8, 4) is 11.1 Å². The third-order valence-electron chi connectivity index (χ3n) is 5.72. The van der Waals surface area contributed by atoms with Crippen LogP contribution in [0.2, 0.25) is 0 Å². The van der Waals surface area contributed by atoms with Crippen LogP contribution in [0.15, 0.2) is 33.0 Å². The predicted octanol–water partition coefficient (Wildman–Crippen LogP) is 4.16. The molecule has 0 radical (unpaired) electrons. The number of anilines is 1. The van der Waals surface area contributed by atoms with E-state index in [0.29, 0.717) is 46.8 Å². The summed E-state index contributed by atoms with van der Waals surface area (Å²) in [6.45, 7) is 7.79. The molecule has 0 fully saturated rings. The molecule has 3 rings (SSSR count). The first-order valence-electron chi connectivity index (χ1n) is 12.1. The normalized spacial score (nSPS) is 12.3. The minimum Gasteiger partial charge on any atom is -0.382 e. The third-order valence-corrected chi connectivity index (χ3v) is 9.54. The molecule has 0 atom stereocenters. The van der Waals surface area contributed by atoms with E-state index in [2.05, 4.69) is 5.16 Å². The molecule has 11 nitrogen and oxygen atoms in total. The van der Waals surface area contributed by atoms with Crippen LogP contribution in [0.5, 0.6) is 0 Å². The molecule has 0 unspecified atom stereocenters. The second-order valence-corrected chi connectivity index (χ2v) is 13.7. The zero-order valence-electron chi connectivity index (χ0n) is 22.8. The zero-order chi connectivity index (χ0) is 28.8. The van der Waals surface area contributed by atoms with E-state index in [1.54, 1.807) is 38.1 Å². The molecule has 0 saturated heterocycles. The number of aryl methyl sites for hydroxylation is 2. The van der Waals surface area contributed by atoms with Crippen molar-refractivity contribution in [3.05, 3.63) is 51.6 Å². The van der Waals surface area contributed by atoms with Crippen molar-refractivity contribution < 1.29 is 39.8 Å². The lowest BCUT2D eigenvalue weighted by Gasteiger charge is -2.22. The number of methoxy groups -OCH3 is 1. The summed E-state index contributed by atoms with van der Waals surface area (Å²) < 4.78 is 79.1. The Labute approximate surface area is 233 Å². The first kappa shape index (κ1) is 31.2. The second-order valence-electron chi connectivity index (χ2n) is 8.72. The maximum absolute atomic E-state index is 14.2. The van der Waals surface area contributed by atoms with Crippen molar-refractivity contribution in [3.63, 3.8) is 0 Å². The lowest BCUT2D eigenvalue weighted by atomic mass is 10.00. The van der Waals surface area contributed by atoms with E-state index in [1.807, 2.05) is 13.8 Å². The fourth-order valence-corrected chi connectivity index (χ4v) is 7.09. The first-order valence-corrected chi connectivity index (χ1v) is 16.1. The van der Waals surface area contributed by atoms with E-state index in [9.17, 15) is 16.8 Å². The van der Waals surface area contributed by atoms with Gasteiger partial charge in [0.05, 0.1) is 32.7 Å². The largest absolute Gasteiger partial charge is 0.382 e. The van der Waals surface area contributed by atoms with E-state index in [4.69, 9.17) is 22.9 Å². The summed E-state index contributed by atoms with van der Waals surface area (Å²) in [4.78, 5) is 0.781. The van der Waals surface area contributed by atoms with Crippen LogP contribution in [0.25, 0.3) is 11.1 Å². The van der Waals surface area contributed by atoms with Gasteiger partial charge in [0.1, 0.15) is 16.7 Å². The van der Waals surface area contributed by atoms with Gasteiger partial charge in [-0.15, -0.1) is 11.3 Å². The lowest BCUT2D eigenvalue weighted by molar-refractivity contribution is 0.0753. The average molecular weight is 603 g/mol. The molecular formula is C25H34N2O9S3. The molecule has 3 aromatic rings. The van der Waals surface area contributed by atoms with Crippen LogP contribution in [0.4, 0.5) is 5.82 Å². The summed E-state index contributed by atoms with van der Waals surface area (Å²) in [6.07, 6.45) is 0.983. The van der Waals surface area contributed by atoms with Gasteiger partial charge in [-0.25, -0.2) is 12.7 Å². The number of hydrogen-bond donors (Lipinski definition) is 0. The number of rotatable bonds is 15. The number of aromatic nitrogens is 1. The molecule has 2 heterocycles. The van der Waals surface area contributed by atoms with Gasteiger partial charge in [-0.05, 0) is 50.5 Å². The Kier molecular flexibility index (Phi) is 10.7. The molecule has 0 amide bonds. The molecule has 216 valence electrons. The van der Waals surface area contributed by atoms with Gasteiger partial charge in [-0.3, -0.25) is 4.18 Å². The van der Waals surface area contributed by atoms with Crippen molar-refractivity contribution >= 4 is 37.3 Å². The van der Waals surface area contributed by atoms with Gasteiger partial charge in [0.15, 0.2) is 5.82 Å². The predicted molar refractivity (Wildman–Crippen MR) is 148 cm³/mol. The summed E-state index contributed by atoms with van der Waals surface area (Å²) in [7, 11) is -6.27. The van der Waals surface area contributed by atoms with Gasteiger partial charge < -0.3 is 18.7 Å². The summed E-state index contributed by atoms with van der Waals surface area (Å²) in [5.41, 5.74) is 3.01. The number of nitrogens with zero attached hydrogens (tertiary/aromatic N) is 2. The fourth-order valence-electron chi connectivity index (χ4n) is 3.65. The molecule has 1 aromatic carbocycles. The van der Waals surface area contributed by atoms with E-state index < -0.39 is 20.1 Å². The Morgan fingerprint density at radius 1 is 1.00 bits per heavy atom. The van der Waals surface area contributed by atoms with Gasteiger partial charge in [-0.1, -0.05) is 23.4 Å². The van der Waals surface area contributed by atoms with Crippen molar-refractivity contribution in [1.29, 1.82) is 0 Å². The van der Waals surface area contributed by atoms with E-state index in [1.165, 1.54) is 7.11 Å². The Bertz CT molecular complexity index is 1480. The quantitative estimate of drug-likeness (QED) is 0.142. The molecule has 0 aliphatic rings. The fraction of sp³-hybridized carbons (Fsp3) is 0.480. The van der Waals surface area contributed by atoms with Crippen molar-refractivity contribution in [2.24, 2.45) is 0 Å². The average Bonchev–Trinajstić information content (AvgIpc) is 3.43. The standard InChI is InChI=1S/C25H34N2O9S3/c1-7-33-15-21-13-20(14-35-38(6,28)29)8-9-22(21)23-12-17(2)37-25(23)39(30,31)27(16-34-11-10-32-5)24-18(3)19(4)36-26-24/h8-9,12-13H,7,10-11,14-16H2,1-6H3. The third kappa shape index (κ3) is 7.87. The smallest absolute Gasteiger partial charge is 0.277 e. The van der Waals surface area contributed by atoms with Crippen LogP contribution >= 0.6 is 11.3 Å². The SMILES string of the molecule is CCOCc1cc(COS(C)(=O)=O)ccc1-c1cc(C)sc1S(=O)(=O)N(COCCOC)c1noc(C)c1C. The number of benzene rings is 1. The topological polar surface area (TPSA) is 134 Å². The monoisotopic (exact) mass is 602 g/mol. The minimum absolute atomic E-state index is 0.105. The maximum atomic E-state index is 14.2. The van der Waals surface area contributed by atoms with Crippen LogP contribution in [0, 0.1) is 20.8 Å². The Morgan fingerprint density at radius 2 is 1.74 bits per heavy atom. The van der Waals surface area contributed by atoms with Gasteiger partial charge in [0.25, 0.3) is 20.1 Å². The highest BCUT2D eigenvalue weighted by atomic mass is 32.2. The molecule has 0 N–H and O–H groups in total. The van der Waals surface area contributed by atoms with Crippen molar-refractivity contribution in [2.75, 3.05) is 44.2 Å². The molecule has 2 aromatic heterocycles. The molecule has 0 bridgehead atoms. The van der Waals surface area contributed by atoms with Gasteiger partial charge in [0.2, 0.25) is 0 Å². The summed E-state index contributed by atoms with van der Waals surface area (Å²) in [5, 5.41) is 4.01. The molecule has 0 spiro atoms.